The number of hydrogen-bond donors (Lipinski definition) is 1. The van der Waals surface area contributed by atoms with Gasteiger partial charge in [-0.1, -0.05) is 29.8 Å². The zero-order valence-corrected chi connectivity index (χ0v) is 10.7. The number of aryl methyl sites for hydroxylation is 1. The second kappa shape index (κ2) is 6.91. The Kier molecular flexibility index (Phi) is 5.81. The highest BCUT2D eigenvalue weighted by Crippen LogP contribution is 2.10. The molecular formula is C13H21NS. The maximum Gasteiger partial charge on any atom is 0.0112 e. The topological polar surface area (TPSA) is 12.0 Å². The van der Waals surface area contributed by atoms with E-state index in [1.54, 1.807) is 0 Å². The Morgan fingerprint density at radius 1 is 1.40 bits per heavy atom. The van der Waals surface area contributed by atoms with Crippen LogP contribution in [0.25, 0.3) is 0 Å². The van der Waals surface area contributed by atoms with E-state index in [0.29, 0.717) is 6.04 Å². The van der Waals surface area contributed by atoms with Crippen LogP contribution in [0.2, 0.25) is 0 Å². The largest absolute Gasteiger partial charge is 0.317 e. The van der Waals surface area contributed by atoms with Gasteiger partial charge in [0.1, 0.15) is 0 Å². The number of hydrogen-bond acceptors (Lipinski definition) is 2. The first kappa shape index (κ1) is 12.6. The average molecular weight is 223 g/mol. The lowest BCUT2D eigenvalue weighted by molar-refractivity contribution is 0.547. The quantitative estimate of drug-likeness (QED) is 0.796. The van der Waals surface area contributed by atoms with Crippen LogP contribution < -0.4 is 5.32 Å². The summed E-state index contributed by atoms with van der Waals surface area (Å²) in [5, 5.41) is 3.39. The fourth-order valence-electron chi connectivity index (χ4n) is 1.73. The molecule has 0 aliphatic carbocycles. The maximum atomic E-state index is 3.39. The third-order valence-corrected chi connectivity index (χ3v) is 3.29. The molecule has 0 heterocycles. The molecule has 1 aromatic carbocycles. The molecule has 1 nitrogen and oxygen atoms in total. The normalized spacial score (nSPS) is 12.7. The molecule has 0 aromatic heterocycles. The minimum atomic E-state index is 0.610. The fraction of sp³-hybridized carbons (Fsp3) is 0.538. The first-order valence-corrected chi connectivity index (χ1v) is 6.87. The van der Waals surface area contributed by atoms with Crippen LogP contribution in [-0.2, 0) is 6.42 Å². The van der Waals surface area contributed by atoms with Gasteiger partial charge in [0, 0.05) is 6.04 Å². The molecule has 0 amide bonds. The standard InChI is InChI=1S/C13H21NS/c1-11-5-4-6-12(9-11)10-13(14-2)7-8-15-3/h4-6,9,13-14H,7-8,10H2,1-3H3. The van der Waals surface area contributed by atoms with Crippen molar-refractivity contribution in [2.45, 2.75) is 25.8 Å². The molecule has 0 saturated heterocycles. The van der Waals surface area contributed by atoms with E-state index in [-0.39, 0.29) is 0 Å². The van der Waals surface area contributed by atoms with Gasteiger partial charge in [0.15, 0.2) is 0 Å². The van der Waals surface area contributed by atoms with Crippen LogP contribution in [0, 0.1) is 6.92 Å². The molecule has 2 heteroatoms. The Morgan fingerprint density at radius 2 is 2.20 bits per heavy atom. The molecule has 15 heavy (non-hydrogen) atoms. The lowest BCUT2D eigenvalue weighted by atomic mass is 10.0. The lowest BCUT2D eigenvalue weighted by Gasteiger charge is -2.15. The minimum absolute atomic E-state index is 0.610. The van der Waals surface area contributed by atoms with Crippen molar-refractivity contribution in [2.24, 2.45) is 0 Å². The highest BCUT2D eigenvalue weighted by atomic mass is 32.2. The van der Waals surface area contributed by atoms with E-state index < -0.39 is 0 Å². The van der Waals surface area contributed by atoms with Crippen molar-refractivity contribution in [3.63, 3.8) is 0 Å². The van der Waals surface area contributed by atoms with Gasteiger partial charge in [0.2, 0.25) is 0 Å². The Hall–Kier alpha value is -0.470. The van der Waals surface area contributed by atoms with Crippen molar-refractivity contribution >= 4 is 11.8 Å². The van der Waals surface area contributed by atoms with Gasteiger partial charge in [-0.15, -0.1) is 0 Å². The molecule has 0 aliphatic rings. The summed E-state index contributed by atoms with van der Waals surface area (Å²) in [6.45, 7) is 2.15. The van der Waals surface area contributed by atoms with Crippen LogP contribution in [-0.4, -0.2) is 25.1 Å². The molecule has 0 saturated carbocycles. The Morgan fingerprint density at radius 3 is 2.80 bits per heavy atom. The van der Waals surface area contributed by atoms with Crippen molar-refractivity contribution in [1.29, 1.82) is 0 Å². The number of likely N-dealkylation sites (N-methyl/N-ethyl adjacent to an activating group) is 1. The second-order valence-corrected chi connectivity index (χ2v) is 4.95. The zero-order chi connectivity index (χ0) is 11.1. The number of thioether (sulfide) groups is 1. The predicted octanol–water partition coefficient (Wildman–Crippen LogP) is 2.88. The van der Waals surface area contributed by atoms with Crippen molar-refractivity contribution in [1.82, 2.24) is 5.32 Å². The third kappa shape index (κ3) is 4.72. The van der Waals surface area contributed by atoms with Crippen LogP contribution in [0.15, 0.2) is 24.3 Å². The van der Waals surface area contributed by atoms with Crippen molar-refractivity contribution in [3.05, 3.63) is 35.4 Å². The van der Waals surface area contributed by atoms with Gasteiger partial charge in [-0.25, -0.2) is 0 Å². The zero-order valence-electron chi connectivity index (χ0n) is 9.92. The molecule has 0 bridgehead atoms. The minimum Gasteiger partial charge on any atom is -0.317 e. The summed E-state index contributed by atoms with van der Waals surface area (Å²) in [6.07, 6.45) is 4.55. The van der Waals surface area contributed by atoms with Gasteiger partial charge < -0.3 is 5.32 Å². The van der Waals surface area contributed by atoms with Gasteiger partial charge in [0.25, 0.3) is 0 Å². The molecule has 0 radical (unpaired) electrons. The monoisotopic (exact) mass is 223 g/mol. The summed E-state index contributed by atoms with van der Waals surface area (Å²) in [5.41, 5.74) is 2.79. The van der Waals surface area contributed by atoms with E-state index in [1.165, 1.54) is 23.3 Å². The number of benzene rings is 1. The Labute approximate surface area is 97.7 Å². The van der Waals surface area contributed by atoms with Crippen LogP contribution in [0.4, 0.5) is 0 Å². The lowest BCUT2D eigenvalue weighted by Crippen LogP contribution is -2.28. The molecule has 1 atom stereocenters. The fourth-order valence-corrected chi connectivity index (χ4v) is 2.25. The van der Waals surface area contributed by atoms with Crippen LogP contribution in [0.3, 0.4) is 0 Å². The summed E-state index contributed by atoms with van der Waals surface area (Å²) in [4.78, 5) is 0. The van der Waals surface area contributed by atoms with Crippen LogP contribution in [0.5, 0.6) is 0 Å². The SMILES string of the molecule is CNC(CCSC)Cc1cccc(C)c1. The molecule has 1 unspecified atom stereocenters. The molecule has 0 aliphatic heterocycles. The first-order valence-electron chi connectivity index (χ1n) is 5.48. The summed E-state index contributed by atoms with van der Waals surface area (Å²) in [6, 6.07) is 9.41. The van der Waals surface area contributed by atoms with Crippen molar-refractivity contribution < 1.29 is 0 Å². The van der Waals surface area contributed by atoms with Crippen molar-refractivity contribution in [2.75, 3.05) is 19.1 Å². The summed E-state index contributed by atoms with van der Waals surface area (Å²) < 4.78 is 0. The maximum absolute atomic E-state index is 3.39. The molecule has 0 spiro atoms. The molecule has 1 N–H and O–H groups in total. The van der Waals surface area contributed by atoms with Gasteiger partial charge >= 0.3 is 0 Å². The number of nitrogens with one attached hydrogen (secondary N) is 1. The average Bonchev–Trinajstić information content (AvgIpc) is 2.24. The molecule has 1 rings (SSSR count). The summed E-state index contributed by atoms with van der Waals surface area (Å²) in [5.74, 6) is 1.23. The second-order valence-electron chi connectivity index (χ2n) is 3.96. The van der Waals surface area contributed by atoms with E-state index >= 15 is 0 Å². The van der Waals surface area contributed by atoms with Gasteiger partial charge in [-0.2, -0.15) is 11.8 Å². The molecule has 84 valence electrons. The van der Waals surface area contributed by atoms with E-state index in [1.807, 2.05) is 11.8 Å². The van der Waals surface area contributed by atoms with Crippen molar-refractivity contribution in [3.8, 4) is 0 Å². The smallest absolute Gasteiger partial charge is 0.0112 e. The summed E-state index contributed by atoms with van der Waals surface area (Å²) in [7, 11) is 2.06. The molecule has 0 fully saturated rings. The Balaban J connectivity index is 2.50. The highest BCUT2D eigenvalue weighted by Gasteiger charge is 2.06. The van der Waals surface area contributed by atoms with Gasteiger partial charge in [0.05, 0.1) is 0 Å². The van der Waals surface area contributed by atoms with Crippen LogP contribution in [0.1, 0.15) is 17.5 Å². The molecule has 1 aromatic rings. The van der Waals surface area contributed by atoms with E-state index in [2.05, 4.69) is 49.8 Å². The molecular weight excluding hydrogens is 202 g/mol. The third-order valence-electron chi connectivity index (χ3n) is 2.64. The van der Waals surface area contributed by atoms with E-state index in [0.717, 1.165) is 6.42 Å². The van der Waals surface area contributed by atoms with E-state index in [9.17, 15) is 0 Å². The number of rotatable bonds is 6. The first-order chi connectivity index (χ1) is 7.26. The van der Waals surface area contributed by atoms with Crippen LogP contribution >= 0.6 is 11.8 Å². The van der Waals surface area contributed by atoms with E-state index in [4.69, 9.17) is 0 Å². The summed E-state index contributed by atoms with van der Waals surface area (Å²) >= 11 is 1.92. The Bertz CT molecular complexity index is 286. The van der Waals surface area contributed by atoms with Gasteiger partial charge in [-0.05, 0) is 44.4 Å². The van der Waals surface area contributed by atoms with Gasteiger partial charge in [-0.3, -0.25) is 0 Å². The predicted molar refractivity (Wildman–Crippen MR) is 70.7 cm³/mol. The highest BCUT2D eigenvalue weighted by molar-refractivity contribution is 7.98.